The minimum Gasteiger partial charge on any atom is -0.349 e. The Labute approximate surface area is 103 Å². The van der Waals surface area contributed by atoms with Crippen LogP contribution in [0.2, 0.25) is 0 Å². The quantitative estimate of drug-likeness (QED) is 0.716. The van der Waals surface area contributed by atoms with Gasteiger partial charge < -0.3 is 16.0 Å². The van der Waals surface area contributed by atoms with Crippen LogP contribution in [0.1, 0.15) is 33.1 Å². The first-order chi connectivity index (χ1) is 7.98. The molecule has 1 fully saturated rings. The van der Waals surface area contributed by atoms with Gasteiger partial charge in [-0.2, -0.15) is 0 Å². The van der Waals surface area contributed by atoms with E-state index in [0.717, 1.165) is 12.8 Å². The molecule has 1 atom stereocenters. The molecular formula is C12H23N3O2. The first kappa shape index (κ1) is 14.0. The summed E-state index contributed by atoms with van der Waals surface area (Å²) in [5.74, 6) is -0.232. The first-order valence-corrected chi connectivity index (χ1v) is 6.24. The summed E-state index contributed by atoms with van der Waals surface area (Å²) in [6.45, 7) is 4.98. The molecule has 0 radical (unpaired) electrons. The molecule has 3 N–H and O–H groups in total. The summed E-state index contributed by atoms with van der Waals surface area (Å²) in [5.41, 5.74) is 5.42. The van der Waals surface area contributed by atoms with Crippen molar-refractivity contribution in [3.05, 3.63) is 0 Å². The minimum atomic E-state index is -0.318. The van der Waals surface area contributed by atoms with Crippen LogP contribution in [0.3, 0.4) is 0 Å². The van der Waals surface area contributed by atoms with E-state index in [9.17, 15) is 9.59 Å². The molecule has 0 saturated carbocycles. The van der Waals surface area contributed by atoms with Crippen LogP contribution >= 0.6 is 0 Å². The Morgan fingerprint density at radius 2 is 2.12 bits per heavy atom. The highest BCUT2D eigenvalue weighted by atomic mass is 16.2. The Morgan fingerprint density at radius 3 is 2.47 bits per heavy atom. The van der Waals surface area contributed by atoms with Crippen LogP contribution in [-0.2, 0) is 9.59 Å². The molecule has 5 nitrogen and oxygen atoms in total. The molecule has 17 heavy (non-hydrogen) atoms. The molecule has 1 saturated heterocycles. The first-order valence-electron chi connectivity index (χ1n) is 6.24. The summed E-state index contributed by atoms with van der Waals surface area (Å²) < 4.78 is 0. The molecule has 1 rings (SSSR count). The van der Waals surface area contributed by atoms with Gasteiger partial charge in [-0.05, 0) is 12.8 Å². The molecule has 0 spiro atoms. The second-order valence-electron chi connectivity index (χ2n) is 4.86. The summed E-state index contributed by atoms with van der Waals surface area (Å²) in [6.07, 6.45) is 1.93. The number of hydrogen-bond acceptors (Lipinski definition) is 3. The van der Waals surface area contributed by atoms with Gasteiger partial charge in [-0.3, -0.25) is 9.59 Å². The van der Waals surface area contributed by atoms with E-state index in [1.807, 2.05) is 13.8 Å². The number of carbonyl (C=O) groups is 2. The Morgan fingerprint density at radius 1 is 1.53 bits per heavy atom. The zero-order valence-electron chi connectivity index (χ0n) is 11.0. The Bertz CT molecular complexity index is 292. The number of hydrogen-bond donors (Lipinski definition) is 2. The Balaban J connectivity index is 2.63. The summed E-state index contributed by atoms with van der Waals surface area (Å²) in [4.78, 5) is 25.1. The number of nitrogens with zero attached hydrogens (tertiary/aromatic N) is 1. The lowest BCUT2D eigenvalue weighted by molar-refractivity contribution is -0.129. The molecule has 0 aromatic rings. The van der Waals surface area contributed by atoms with Gasteiger partial charge in [-0.15, -0.1) is 0 Å². The monoisotopic (exact) mass is 241 g/mol. The summed E-state index contributed by atoms with van der Waals surface area (Å²) >= 11 is 0. The van der Waals surface area contributed by atoms with E-state index < -0.39 is 0 Å². The van der Waals surface area contributed by atoms with Crippen LogP contribution in [0.4, 0.5) is 0 Å². The molecule has 1 heterocycles. The Kier molecular flexibility index (Phi) is 4.51. The largest absolute Gasteiger partial charge is 0.349 e. The van der Waals surface area contributed by atoms with Crippen LogP contribution in [0.5, 0.6) is 0 Å². The van der Waals surface area contributed by atoms with Crippen molar-refractivity contribution in [1.29, 1.82) is 0 Å². The number of nitrogens with two attached hydrogens (primary N) is 1. The van der Waals surface area contributed by atoms with Gasteiger partial charge in [0.25, 0.3) is 0 Å². The number of likely N-dealkylation sites (tertiary alicyclic amines) is 1. The standard InChI is InChI=1S/C12H23N3O2/c1-4-12(5-2,8-13)14-11(17)9-6-10(16)15(3)7-9/h9H,4-8,13H2,1-3H3,(H,14,17). The second kappa shape index (κ2) is 5.49. The highest BCUT2D eigenvalue weighted by Crippen LogP contribution is 2.19. The lowest BCUT2D eigenvalue weighted by Gasteiger charge is -2.32. The molecule has 1 aliphatic heterocycles. The van der Waals surface area contributed by atoms with Gasteiger partial charge in [0.05, 0.1) is 11.5 Å². The maximum Gasteiger partial charge on any atom is 0.225 e. The Hall–Kier alpha value is -1.10. The molecule has 2 amide bonds. The van der Waals surface area contributed by atoms with Crippen molar-refractivity contribution in [1.82, 2.24) is 10.2 Å². The van der Waals surface area contributed by atoms with Crippen LogP contribution in [0.25, 0.3) is 0 Å². The fourth-order valence-corrected chi connectivity index (χ4v) is 2.17. The average Bonchev–Trinajstić information content (AvgIpc) is 2.67. The second-order valence-corrected chi connectivity index (χ2v) is 4.86. The van der Waals surface area contributed by atoms with Gasteiger partial charge in [0.1, 0.15) is 0 Å². The third-order valence-corrected chi connectivity index (χ3v) is 3.84. The normalized spacial score (nSPS) is 20.8. The molecule has 0 aliphatic carbocycles. The van der Waals surface area contributed by atoms with Crippen molar-refractivity contribution in [3.8, 4) is 0 Å². The molecule has 1 aliphatic rings. The lowest BCUT2D eigenvalue weighted by atomic mass is 9.91. The van der Waals surface area contributed by atoms with E-state index >= 15 is 0 Å². The van der Waals surface area contributed by atoms with Crippen molar-refractivity contribution >= 4 is 11.8 Å². The van der Waals surface area contributed by atoms with Gasteiger partial charge in [-0.25, -0.2) is 0 Å². The maximum absolute atomic E-state index is 12.1. The van der Waals surface area contributed by atoms with Crippen molar-refractivity contribution in [3.63, 3.8) is 0 Å². The van der Waals surface area contributed by atoms with E-state index in [1.165, 1.54) is 0 Å². The van der Waals surface area contributed by atoms with Crippen LogP contribution in [0.15, 0.2) is 0 Å². The highest BCUT2D eigenvalue weighted by Gasteiger charge is 2.35. The number of rotatable bonds is 5. The van der Waals surface area contributed by atoms with E-state index in [1.54, 1.807) is 11.9 Å². The number of amides is 2. The van der Waals surface area contributed by atoms with Gasteiger partial charge in [0, 0.05) is 26.6 Å². The summed E-state index contributed by atoms with van der Waals surface area (Å²) in [6, 6.07) is 0. The summed E-state index contributed by atoms with van der Waals surface area (Å²) in [5, 5.41) is 3.02. The zero-order chi connectivity index (χ0) is 13.1. The fourth-order valence-electron chi connectivity index (χ4n) is 2.17. The van der Waals surface area contributed by atoms with E-state index in [4.69, 9.17) is 5.73 Å². The van der Waals surface area contributed by atoms with Crippen molar-refractivity contribution in [2.24, 2.45) is 11.7 Å². The molecule has 98 valence electrons. The minimum absolute atomic E-state index is 0.0384. The highest BCUT2D eigenvalue weighted by molar-refractivity contribution is 5.89. The average molecular weight is 241 g/mol. The predicted octanol–water partition coefficient (Wildman–Crippen LogP) is 0.0984. The fraction of sp³-hybridized carbons (Fsp3) is 0.833. The SMILES string of the molecule is CCC(CC)(CN)NC(=O)C1CC(=O)N(C)C1. The maximum atomic E-state index is 12.1. The molecule has 1 unspecified atom stereocenters. The van der Waals surface area contributed by atoms with Crippen molar-refractivity contribution < 1.29 is 9.59 Å². The molecule has 5 heteroatoms. The summed E-state index contributed by atoms with van der Waals surface area (Å²) in [7, 11) is 1.73. The molecule has 0 bridgehead atoms. The van der Waals surface area contributed by atoms with Crippen LogP contribution in [-0.4, -0.2) is 42.4 Å². The van der Waals surface area contributed by atoms with Crippen molar-refractivity contribution in [2.75, 3.05) is 20.1 Å². The number of carbonyl (C=O) groups excluding carboxylic acids is 2. The third-order valence-electron chi connectivity index (χ3n) is 3.84. The van der Waals surface area contributed by atoms with E-state index in [0.29, 0.717) is 19.5 Å². The van der Waals surface area contributed by atoms with Gasteiger partial charge in [0.15, 0.2) is 0 Å². The predicted molar refractivity (Wildman–Crippen MR) is 66.3 cm³/mol. The third kappa shape index (κ3) is 2.97. The zero-order valence-corrected chi connectivity index (χ0v) is 11.0. The van der Waals surface area contributed by atoms with Gasteiger partial charge in [0.2, 0.25) is 11.8 Å². The smallest absolute Gasteiger partial charge is 0.225 e. The molecular weight excluding hydrogens is 218 g/mol. The van der Waals surface area contributed by atoms with Crippen molar-refractivity contribution in [2.45, 2.75) is 38.6 Å². The van der Waals surface area contributed by atoms with Crippen LogP contribution < -0.4 is 11.1 Å². The number of nitrogens with one attached hydrogen (secondary N) is 1. The lowest BCUT2D eigenvalue weighted by Crippen LogP contribution is -2.54. The molecule has 0 aromatic carbocycles. The topological polar surface area (TPSA) is 75.4 Å². The molecule has 0 aromatic heterocycles. The van der Waals surface area contributed by atoms with Crippen LogP contribution in [0, 0.1) is 5.92 Å². The van der Waals surface area contributed by atoms with Gasteiger partial charge >= 0.3 is 0 Å². The van der Waals surface area contributed by atoms with Gasteiger partial charge in [-0.1, -0.05) is 13.8 Å². The van der Waals surface area contributed by atoms with E-state index in [2.05, 4.69) is 5.32 Å². The van der Waals surface area contributed by atoms with E-state index in [-0.39, 0.29) is 23.3 Å².